The van der Waals surface area contributed by atoms with Crippen molar-refractivity contribution in [2.24, 2.45) is 7.05 Å². The number of benzene rings is 2. The Kier molecular flexibility index (Phi) is 6.79. The fraction of sp³-hybridized carbons (Fsp3) is 0.385. The number of carbonyl (C=O) groups is 1. The third-order valence-corrected chi connectivity index (χ3v) is 8.38. The first kappa shape index (κ1) is 24.0. The quantitative estimate of drug-likeness (QED) is 0.546. The van der Waals surface area contributed by atoms with Gasteiger partial charge in [-0.15, -0.1) is 0 Å². The number of amides is 1. The van der Waals surface area contributed by atoms with E-state index in [1.54, 1.807) is 31.3 Å². The van der Waals surface area contributed by atoms with Crippen LogP contribution >= 0.6 is 0 Å². The molecule has 0 fully saturated rings. The molecule has 1 unspecified atom stereocenters. The smallest absolute Gasteiger partial charge is 0.265 e. The van der Waals surface area contributed by atoms with Crippen LogP contribution in [0.4, 0.5) is 5.82 Å². The van der Waals surface area contributed by atoms with Gasteiger partial charge in [-0.1, -0.05) is 42.8 Å². The number of carbonyl (C=O) groups excluding carboxylic acids is 1. The number of nitrogens with zero attached hydrogens (tertiary/aromatic N) is 3. The Morgan fingerprint density at radius 2 is 1.79 bits per heavy atom. The molecule has 8 heteroatoms. The van der Waals surface area contributed by atoms with E-state index in [0.717, 1.165) is 34.7 Å². The van der Waals surface area contributed by atoms with E-state index in [0.29, 0.717) is 0 Å². The number of aromatic nitrogens is 2. The predicted octanol–water partition coefficient (Wildman–Crippen LogP) is 4.31. The number of fused-ring (bicyclic) bond motifs is 1. The minimum atomic E-state index is -3.86. The highest BCUT2D eigenvalue weighted by atomic mass is 32.2. The largest absolute Gasteiger partial charge is 0.345 e. The Balaban J connectivity index is 1.60. The number of hydrogen-bond acceptors (Lipinski definition) is 4. The summed E-state index contributed by atoms with van der Waals surface area (Å²) in [4.78, 5) is 13.5. The summed E-state index contributed by atoms with van der Waals surface area (Å²) < 4.78 is 29.1. The molecule has 1 heterocycles. The van der Waals surface area contributed by atoms with Gasteiger partial charge in [0.05, 0.1) is 17.1 Å². The van der Waals surface area contributed by atoms with Crippen molar-refractivity contribution in [1.29, 1.82) is 0 Å². The van der Waals surface area contributed by atoms with Crippen molar-refractivity contribution < 1.29 is 13.2 Å². The van der Waals surface area contributed by atoms with Crippen molar-refractivity contribution in [3.63, 3.8) is 0 Å². The van der Waals surface area contributed by atoms with Gasteiger partial charge in [-0.3, -0.25) is 13.8 Å². The van der Waals surface area contributed by atoms with Crippen LogP contribution in [0.5, 0.6) is 0 Å². The molecule has 7 nitrogen and oxygen atoms in total. The zero-order valence-electron chi connectivity index (χ0n) is 20.2. The van der Waals surface area contributed by atoms with Gasteiger partial charge in [0, 0.05) is 14.1 Å². The van der Waals surface area contributed by atoms with E-state index in [4.69, 9.17) is 0 Å². The van der Waals surface area contributed by atoms with Crippen LogP contribution in [0.1, 0.15) is 64.8 Å². The molecule has 4 rings (SSSR count). The van der Waals surface area contributed by atoms with Gasteiger partial charge in [0.25, 0.3) is 15.9 Å². The summed E-state index contributed by atoms with van der Waals surface area (Å²) in [5, 5.41) is 7.29. The molecule has 0 saturated heterocycles. The Hall–Kier alpha value is -3.13. The van der Waals surface area contributed by atoms with Crippen molar-refractivity contribution in [3.05, 3.63) is 76.5 Å². The van der Waals surface area contributed by atoms with Crippen LogP contribution in [0.15, 0.2) is 53.6 Å². The molecule has 1 aromatic heterocycles. The van der Waals surface area contributed by atoms with Crippen LogP contribution < -0.4 is 9.62 Å². The second kappa shape index (κ2) is 9.62. The van der Waals surface area contributed by atoms with E-state index >= 15 is 0 Å². The first-order chi connectivity index (χ1) is 16.2. The van der Waals surface area contributed by atoms with Crippen LogP contribution in [-0.4, -0.2) is 31.2 Å². The standard InChI is InChI=1S/C26H32N4O3S/c1-5-24(21-13-12-19-8-6-7-9-20(19)16-21)28-25(31)23-17-27-29(3)26(23)30(4)34(32,33)22-14-10-18(2)11-15-22/h10-17,24H,5-9H2,1-4H3,(H,28,31). The highest BCUT2D eigenvalue weighted by molar-refractivity contribution is 7.92. The summed E-state index contributed by atoms with van der Waals surface area (Å²) in [7, 11) is -0.780. The van der Waals surface area contributed by atoms with Gasteiger partial charge < -0.3 is 5.32 Å². The Bertz CT molecular complexity index is 1300. The lowest BCUT2D eigenvalue weighted by atomic mass is 9.89. The molecule has 1 N–H and O–H groups in total. The van der Waals surface area contributed by atoms with E-state index in [9.17, 15) is 13.2 Å². The first-order valence-electron chi connectivity index (χ1n) is 11.7. The van der Waals surface area contributed by atoms with Gasteiger partial charge in [0.15, 0.2) is 5.82 Å². The van der Waals surface area contributed by atoms with E-state index in [1.807, 2.05) is 13.8 Å². The minimum absolute atomic E-state index is 0.161. The number of rotatable bonds is 7. The molecular formula is C26H32N4O3S. The summed E-state index contributed by atoms with van der Waals surface area (Å²) in [6.45, 7) is 3.93. The predicted molar refractivity (Wildman–Crippen MR) is 134 cm³/mol. The molecule has 0 spiro atoms. The number of nitrogens with one attached hydrogen (secondary N) is 1. The van der Waals surface area contributed by atoms with E-state index in [-0.39, 0.29) is 28.2 Å². The Labute approximate surface area is 201 Å². The average Bonchev–Trinajstić information content (AvgIpc) is 3.23. The van der Waals surface area contributed by atoms with Crippen molar-refractivity contribution in [2.45, 2.75) is 56.9 Å². The molecule has 0 aliphatic heterocycles. The topological polar surface area (TPSA) is 84.3 Å². The van der Waals surface area contributed by atoms with Crippen LogP contribution in [0.3, 0.4) is 0 Å². The molecule has 0 radical (unpaired) electrons. The average molecular weight is 481 g/mol. The summed E-state index contributed by atoms with van der Waals surface area (Å²) in [5.41, 5.74) is 5.02. The van der Waals surface area contributed by atoms with Gasteiger partial charge in [0.1, 0.15) is 5.56 Å². The lowest BCUT2D eigenvalue weighted by Gasteiger charge is -2.23. The maximum Gasteiger partial charge on any atom is 0.265 e. The van der Waals surface area contributed by atoms with E-state index in [1.165, 1.54) is 41.9 Å². The van der Waals surface area contributed by atoms with Gasteiger partial charge in [-0.2, -0.15) is 5.10 Å². The van der Waals surface area contributed by atoms with Crippen LogP contribution in [-0.2, 0) is 29.9 Å². The molecule has 1 aliphatic carbocycles. The van der Waals surface area contributed by atoms with Crippen molar-refractivity contribution in [1.82, 2.24) is 15.1 Å². The van der Waals surface area contributed by atoms with Crippen LogP contribution in [0.2, 0.25) is 0 Å². The van der Waals surface area contributed by atoms with Gasteiger partial charge in [-0.25, -0.2) is 8.42 Å². The number of aryl methyl sites for hydroxylation is 4. The van der Waals surface area contributed by atoms with E-state index in [2.05, 4.69) is 28.6 Å². The van der Waals surface area contributed by atoms with Gasteiger partial charge in [-0.05, 0) is 67.9 Å². The Morgan fingerprint density at radius 1 is 1.12 bits per heavy atom. The van der Waals surface area contributed by atoms with Crippen molar-refractivity contribution in [3.8, 4) is 0 Å². The SMILES string of the molecule is CCC(NC(=O)c1cnn(C)c1N(C)S(=O)(=O)c1ccc(C)cc1)c1ccc2c(c1)CCCC2. The van der Waals surface area contributed by atoms with Crippen molar-refractivity contribution in [2.75, 3.05) is 11.4 Å². The van der Waals surface area contributed by atoms with Gasteiger partial charge in [0.2, 0.25) is 0 Å². The lowest BCUT2D eigenvalue weighted by molar-refractivity contribution is 0.0936. The Morgan fingerprint density at radius 3 is 2.47 bits per heavy atom. The van der Waals surface area contributed by atoms with Gasteiger partial charge >= 0.3 is 0 Å². The molecule has 1 atom stereocenters. The molecule has 1 aliphatic rings. The zero-order chi connectivity index (χ0) is 24.5. The highest BCUT2D eigenvalue weighted by Crippen LogP contribution is 2.28. The molecule has 0 bridgehead atoms. The fourth-order valence-corrected chi connectivity index (χ4v) is 5.81. The van der Waals surface area contributed by atoms with Crippen LogP contribution in [0.25, 0.3) is 0 Å². The maximum atomic E-state index is 13.3. The molecule has 3 aromatic rings. The summed E-state index contributed by atoms with van der Waals surface area (Å²) in [6, 6.07) is 12.9. The molecule has 2 aromatic carbocycles. The summed E-state index contributed by atoms with van der Waals surface area (Å²) >= 11 is 0. The highest BCUT2D eigenvalue weighted by Gasteiger charge is 2.29. The summed E-state index contributed by atoms with van der Waals surface area (Å²) in [6.07, 6.45) is 6.74. The molecule has 0 saturated carbocycles. The third-order valence-electron chi connectivity index (χ3n) is 6.62. The molecular weight excluding hydrogens is 448 g/mol. The molecule has 180 valence electrons. The minimum Gasteiger partial charge on any atom is -0.345 e. The monoisotopic (exact) mass is 480 g/mol. The zero-order valence-corrected chi connectivity index (χ0v) is 21.0. The fourth-order valence-electron chi connectivity index (χ4n) is 4.57. The second-order valence-electron chi connectivity index (χ2n) is 8.96. The van der Waals surface area contributed by atoms with Crippen molar-refractivity contribution >= 4 is 21.7 Å². The van der Waals surface area contributed by atoms with E-state index < -0.39 is 10.0 Å². The molecule has 1 amide bonds. The molecule has 34 heavy (non-hydrogen) atoms. The number of sulfonamides is 1. The first-order valence-corrected chi connectivity index (χ1v) is 13.2. The van der Waals surface area contributed by atoms with Crippen LogP contribution in [0, 0.1) is 6.92 Å². The normalized spacial score (nSPS) is 14.4. The lowest BCUT2D eigenvalue weighted by Crippen LogP contribution is -2.33. The third kappa shape index (κ3) is 4.59. The number of anilines is 1. The summed E-state index contributed by atoms with van der Waals surface area (Å²) in [5.74, 6) is -0.128. The maximum absolute atomic E-state index is 13.3. The number of hydrogen-bond donors (Lipinski definition) is 1. The second-order valence-corrected chi connectivity index (χ2v) is 10.9.